The fourth-order valence-electron chi connectivity index (χ4n) is 4.22. The maximum atomic E-state index is 12.9. The fraction of sp³-hybridized carbons (Fsp3) is 0.579. The van der Waals surface area contributed by atoms with Crippen LogP contribution in [0.1, 0.15) is 53.6 Å². The molecule has 0 aromatic heterocycles. The van der Waals surface area contributed by atoms with Crippen LogP contribution in [0, 0.1) is 5.92 Å². The smallest absolute Gasteiger partial charge is 0.224 e. The van der Waals surface area contributed by atoms with Crippen LogP contribution in [0.3, 0.4) is 0 Å². The van der Waals surface area contributed by atoms with Gasteiger partial charge in [0.2, 0.25) is 5.91 Å². The zero-order valence-electron chi connectivity index (χ0n) is 13.6. The third-order valence-corrected chi connectivity index (χ3v) is 5.55. The summed E-state index contributed by atoms with van der Waals surface area (Å²) >= 11 is 0. The molecule has 1 fully saturated rings. The van der Waals surface area contributed by atoms with E-state index in [1.807, 2.05) is 6.07 Å². The Morgan fingerprint density at radius 2 is 1.83 bits per heavy atom. The third-order valence-electron chi connectivity index (χ3n) is 5.55. The minimum atomic E-state index is 0.0607. The summed E-state index contributed by atoms with van der Waals surface area (Å²) in [6.45, 7) is 3.18. The van der Waals surface area contributed by atoms with Crippen molar-refractivity contribution in [1.82, 2.24) is 4.90 Å². The zero-order chi connectivity index (χ0) is 15.8. The van der Waals surface area contributed by atoms with Crippen molar-refractivity contribution in [1.29, 1.82) is 0 Å². The van der Waals surface area contributed by atoms with Crippen molar-refractivity contribution >= 4 is 17.4 Å². The molecular weight excluding hydrogens is 288 g/mol. The van der Waals surface area contributed by atoms with Crippen LogP contribution >= 0.6 is 0 Å². The average molecular weight is 312 g/mol. The van der Waals surface area contributed by atoms with Crippen molar-refractivity contribution in [2.45, 2.75) is 44.9 Å². The van der Waals surface area contributed by atoms with Crippen LogP contribution in [0.5, 0.6) is 0 Å². The van der Waals surface area contributed by atoms with Crippen molar-refractivity contribution < 1.29 is 9.59 Å². The molecule has 1 amide bonds. The normalized spacial score (nSPS) is 24.8. The molecule has 1 N–H and O–H groups in total. The van der Waals surface area contributed by atoms with Crippen LogP contribution in [0.25, 0.3) is 0 Å². The van der Waals surface area contributed by atoms with Crippen molar-refractivity contribution in [3.63, 3.8) is 0 Å². The predicted octanol–water partition coefficient (Wildman–Crippen LogP) is 2.80. The first kappa shape index (κ1) is 14.9. The van der Waals surface area contributed by atoms with Crippen molar-refractivity contribution in [3.8, 4) is 0 Å². The van der Waals surface area contributed by atoms with E-state index in [4.69, 9.17) is 0 Å². The largest absolute Gasteiger partial charge is 0.326 e. The number of likely N-dealkylation sites (tertiary alicyclic amines) is 1. The molecule has 1 atom stereocenters. The monoisotopic (exact) mass is 312 g/mol. The summed E-state index contributed by atoms with van der Waals surface area (Å²) in [5.74, 6) is 0.461. The first-order valence-corrected chi connectivity index (χ1v) is 8.93. The highest BCUT2D eigenvalue weighted by Gasteiger charge is 2.31. The number of Topliss-reactive ketones (excluding diaryl/α,β-unsaturated/α-hetero) is 1. The molecular formula is C19H24N2O2. The van der Waals surface area contributed by atoms with Crippen LogP contribution < -0.4 is 5.32 Å². The lowest BCUT2D eigenvalue weighted by atomic mass is 9.80. The highest BCUT2D eigenvalue weighted by Crippen LogP contribution is 2.33. The Balaban J connectivity index is 1.55. The van der Waals surface area contributed by atoms with Gasteiger partial charge in [0.25, 0.3) is 0 Å². The summed E-state index contributed by atoms with van der Waals surface area (Å²) in [5, 5.41) is 2.93. The van der Waals surface area contributed by atoms with Crippen molar-refractivity contribution in [2.24, 2.45) is 5.92 Å². The molecule has 4 rings (SSSR count). The van der Waals surface area contributed by atoms with Gasteiger partial charge in [-0.3, -0.25) is 9.59 Å². The van der Waals surface area contributed by atoms with Gasteiger partial charge in [0.1, 0.15) is 0 Å². The van der Waals surface area contributed by atoms with Gasteiger partial charge in [-0.25, -0.2) is 0 Å². The Bertz CT molecular complexity index is 647. The molecule has 3 aliphatic rings. The van der Waals surface area contributed by atoms with E-state index < -0.39 is 0 Å². The minimum absolute atomic E-state index is 0.0607. The number of fused-ring (bicyclic) bond motifs is 2. The number of aryl methyl sites for hydroxylation is 2. The molecule has 4 heteroatoms. The third kappa shape index (κ3) is 2.92. The lowest BCUT2D eigenvalue weighted by Gasteiger charge is -2.32. The average Bonchev–Trinajstić information content (AvgIpc) is 2.57. The number of nitrogens with one attached hydrogen (secondary N) is 1. The number of nitrogens with zero attached hydrogens (tertiary/aromatic N) is 1. The Kier molecular flexibility index (Phi) is 3.93. The van der Waals surface area contributed by atoms with Gasteiger partial charge >= 0.3 is 0 Å². The SMILES string of the molecule is O=C1CCc2cc3c(cc2N1)C(=O)C(CN1CCCCC1)CC3. The van der Waals surface area contributed by atoms with Crippen molar-refractivity contribution in [3.05, 3.63) is 28.8 Å². The highest BCUT2D eigenvalue weighted by molar-refractivity contribution is 6.03. The molecule has 23 heavy (non-hydrogen) atoms. The molecule has 0 spiro atoms. The number of carbonyl (C=O) groups is 2. The molecule has 0 radical (unpaired) electrons. The molecule has 1 unspecified atom stereocenters. The number of carbonyl (C=O) groups excluding carboxylic acids is 2. The lowest BCUT2D eigenvalue weighted by molar-refractivity contribution is -0.116. The first-order valence-electron chi connectivity index (χ1n) is 8.93. The van der Waals surface area contributed by atoms with Gasteiger partial charge in [-0.2, -0.15) is 0 Å². The standard InChI is InChI=1S/C19H24N2O2/c22-18-7-6-14-10-13-4-5-15(12-21-8-2-1-3-9-21)19(23)16(13)11-17(14)20-18/h10-11,15H,1-9,12H2,(H,20,22). The van der Waals surface area contributed by atoms with Gasteiger partial charge in [-0.1, -0.05) is 12.5 Å². The predicted molar refractivity (Wildman–Crippen MR) is 89.8 cm³/mol. The number of amides is 1. The van der Waals surface area contributed by atoms with E-state index in [2.05, 4.69) is 16.3 Å². The summed E-state index contributed by atoms with van der Waals surface area (Å²) in [7, 11) is 0. The molecule has 1 aromatic rings. The molecule has 4 nitrogen and oxygen atoms in total. The minimum Gasteiger partial charge on any atom is -0.326 e. The Labute approximate surface area is 137 Å². The van der Waals surface area contributed by atoms with E-state index in [0.717, 1.165) is 50.1 Å². The van der Waals surface area contributed by atoms with E-state index in [9.17, 15) is 9.59 Å². The van der Waals surface area contributed by atoms with Crippen LogP contribution in [-0.4, -0.2) is 36.2 Å². The van der Waals surface area contributed by atoms with Crippen molar-refractivity contribution in [2.75, 3.05) is 25.0 Å². The Morgan fingerprint density at radius 1 is 1.00 bits per heavy atom. The van der Waals surface area contributed by atoms with Crippen LogP contribution in [0.4, 0.5) is 5.69 Å². The molecule has 0 bridgehead atoms. The summed E-state index contributed by atoms with van der Waals surface area (Å²) < 4.78 is 0. The molecule has 0 saturated carbocycles. The molecule has 1 aromatic carbocycles. The molecule has 2 heterocycles. The van der Waals surface area contributed by atoms with Crippen LogP contribution in [-0.2, 0) is 17.6 Å². The number of hydrogen-bond donors (Lipinski definition) is 1. The number of ketones is 1. The van der Waals surface area contributed by atoms with Gasteiger partial charge in [-0.05, 0) is 62.4 Å². The maximum Gasteiger partial charge on any atom is 0.224 e. The van der Waals surface area contributed by atoms with Crippen LogP contribution in [0.15, 0.2) is 12.1 Å². The fourth-order valence-corrected chi connectivity index (χ4v) is 4.22. The Morgan fingerprint density at radius 3 is 2.65 bits per heavy atom. The van der Waals surface area contributed by atoms with Gasteiger partial charge < -0.3 is 10.2 Å². The summed E-state index contributed by atoms with van der Waals surface area (Å²) in [5.41, 5.74) is 4.07. The van der Waals surface area contributed by atoms with E-state index in [1.54, 1.807) is 0 Å². The van der Waals surface area contributed by atoms with E-state index in [0.29, 0.717) is 6.42 Å². The van der Waals surface area contributed by atoms with E-state index >= 15 is 0 Å². The number of rotatable bonds is 2. The second kappa shape index (κ2) is 6.08. The second-order valence-electron chi connectivity index (χ2n) is 7.18. The molecule has 1 saturated heterocycles. The van der Waals surface area contributed by atoms with Gasteiger partial charge in [0.05, 0.1) is 0 Å². The first-order chi connectivity index (χ1) is 11.2. The van der Waals surface area contributed by atoms with Gasteiger partial charge in [0.15, 0.2) is 5.78 Å². The van der Waals surface area contributed by atoms with Gasteiger partial charge in [-0.15, -0.1) is 0 Å². The lowest BCUT2D eigenvalue weighted by Crippen LogP contribution is -2.38. The van der Waals surface area contributed by atoms with Gasteiger partial charge in [0, 0.05) is 30.1 Å². The summed E-state index contributed by atoms with van der Waals surface area (Å²) in [4.78, 5) is 27.0. The number of benzene rings is 1. The maximum absolute atomic E-state index is 12.9. The zero-order valence-corrected chi connectivity index (χ0v) is 13.6. The number of anilines is 1. The molecule has 2 aliphatic heterocycles. The second-order valence-corrected chi connectivity index (χ2v) is 7.18. The summed E-state index contributed by atoms with van der Waals surface area (Å²) in [6, 6.07) is 4.09. The quantitative estimate of drug-likeness (QED) is 0.913. The molecule has 122 valence electrons. The highest BCUT2D eigenvalue weighted by atomic mass is 16.1. The molecule has 1 aliphatic carbocycles. The summed E-state index contributed by atoms with van der Waals surface area (Å²) in [6.07, 6.45) is 7.14. The van der Waals surface area contributed by atoms with E-state index in [-0.39, 0.29) is 17.6 Å². The van der Waals surface area contributed by atoms with E-state index in [1.165, 1.54) is 30.4 Å². The topological polar surface area (TPSA) is 49.4 Å². The Hall–Kier alpha value is -1.68. The number of hydrogen-bond acceptors (Lipinski definition) is 3. The number of piperidine rings is 1. The van der Waals surface area contributed by atoms with Crippen LogP contribution in [0.2, 0.25) is 0 Å².